The summed E-state index contributed by atoms with van der Waals surface area (Å²) in [7, 11) is 0. The van der Waals surface area contributed by atoms with Crippen molar-refractivity contribution in [2.45, 2.75) is 18.6 Å². The standard InChI is InChI=1S/C12H13FN2OS/c1-3-11(17-2)12(16)15-9-4-5-10(13)8(6-9)7-14/h4-6,11H,3H2,1-2H3,(H,15,16). The summed E-state index contributed by atoms with van der Waals surface area (Å²) in [4.78, 5) is 11.8. The van der Waals surface area contributed by atoms with Gasteiger partial charge in [0.15, 0.2) is 0 Å². The number of nitrogens with zero attached hydrogens (tertiary/aromatic N) is 1. The lowest BCUT2D eigenvalue weighted by atomic mass is 10.2. The van der Waals surface area contributed by atoms with Gasteiger partial charge in [0, 0.05) is 5.69 Å². The molecule has 1 amide bonds. The third kappa shape index (κ3) is 3.46. The lowest BCUT2D eigenvalue weighted by Crippen LogP contribution is -2.24. The van der Waals surface area contributed by atoms with Gasteiger partial charge in [-0.05, 0) is 30.9 Å². The maximum atomic E-state index is 13.1. The Balaban J connectivity index is 2.82. The number of hydrogen-bond acceptors (Lipinski definition) is 3. The fourth-order valence-electron chi connectivity index (χ4n) is 1.37. The molecule has 1 unspecified atom stereocenters. The molecule has 0 aliphatic rings. The summed E-state index contributed by atoms with van der Waals surface area (Å²) in [5, 5.41) is 11.2. The molecule has 0 saturated heterocycles. The number of benzene rings is 1. The van der Waals surface area contributed by atoms with Crippen LogP contribution in [0, 0.1) is 17.1 Å². The molecule has 0 saturated carbocycles. The van der Waals surface area contributed by atoms with Gasteiger partial charge in [-0.15, -0.1) is 0 Å². The van der Waals surface area contributed by atoms with Gasteiger partial charge >= 0.3 is 0 Å². The first-order valence-electron chi connectivity index (χ1n) is 5.15. The monoisotopic (exact) mass is 252 g/mol. The number of nitriles is 1. The number of amides is 1. The zero-order chi connectivity index (χ0) is 12.8. The van der Waals surface area contributed by atoms with Gasteiger partial charge in [0.1, 0.15) is 11.9 Å². The van der Waals surface area contributed by atoms with Gasteiger partial charge in [-0.1, -0.05) is 6.92 Å². The molecule has 90 valence electrons. The van der Waals surface area contributed by atoms with Crippen LogP contribution in [0.25, 0.3) is 0 Å². The average Bonchev–Trinajstić information content (AvgIpc) is 2.33. The summed E-state index contributed by atoms with van der Waals surface area (Å²) in [5.41, 5.74) is 0.375. The Bertz CT molecular complexity index is 452. The number of halogens is 1. The van der Waals surface area contributed by atoms with Crippen molar-refractivity contribution < 1.29 is 9.18 Å². The van der Waals surface area contributed by atoms with E-state index in [1.54, 1.807) is 6.07 Å². The van der Waals surface area contributed by atoms with Crippen LogP contribution in [0.3, 0.4) is 0 Å². The van der Waals surface area contributed by atoms with Crippen LogP contribution >= 0.6 is 11.8 Å². The summed E-state index contributed by atoms with van der Waals surface area (Å²) in [6.07, 6.45) is 2.58. The number of carbonyl (C=O) groups is 1. The van der Waals surface area contributed by atoms with Gasteiger partial charge in [0.25, 0.3) is 0 Å². The molecule has 3 nitrogen and oxygen atoms in total. The second-order valence-electron chi connectivity index (χ2n) is 3.43. The van der Waals surface area contributed by atoms with E-state index in [9.17, 15) is 9.18 Å². The highest BCUT2D eigenvalue weighted by Crippen LogP contribution is 2.17. The molecule has 0 spiro atoms. The van der Waals surface area contributed by atoms with E-state index in [2.05, 4.69) is 5.32 Å². The zero-order valence-corrected chi connectivity index (χ0v) is 10.5. The van der Waals surface area contributed by atoms with Crippen molar-refractivity contribution in [2.75, 3.05) is 11.6 Å². The number of rotatable bonds is 4. The average molecular weight is 252 g/mol. The van der Waals surface area contributed by atoms with E-state index < -0.39 is 5.82 Å². The Labute approximate surface area is 104 Å². The van der Waals surface area contributed by atoms with Gasteiger partial charge < -0.3 is 5.32 Å². The molecule has 0 aromatic heterocycles. The first-order chi connectivity index (χ1) is 8.12. The van der Waals surface area contributed by atoms with Crippen LogP contribution in [0.2, 0.25) is 0 Å². The predicted octanol–water partition coefficient (Wildman–Crippen LogP) is 2.78. The van der Waals surface area contributed by atoms with Crippen molar-refractivity contribution in [2.24, 2.45) is 0 Å². The van der Waals surface area contributed by atoms with Crippen molar-refractivity contribution in [3.8, 4) is 6.07 Å². The minimum atomic E-state index is -0.581. The number of nitrogens with one attached hydrogen (secondary N) is 1. The molecule has 0 heterocycles. The van der Waals surface area contributed by atoms with E-state index in [0.717, 1.165) is 6.42 Å². The molecular weight excluding hydrogens is 239 g/mol. The summed E-state index contributed by atoms with van der Waals surface area (Å²) in [6.45, 7) is 1.92. The minimum absolute atomic E-state index is 0.0694. The fraction of sp³-hybridized carbons (Fsp3) is 0.333. The van der Waals surface area contributed by atoms with Gasteiger partial charge in [0.2, 0.25) is 5.91 Å². The largest absolute Gasteiger partial charge is 0.325 e. The molecule has 1 aromatic carbocycles. The third-order valence-corrected chi connectivity index (χ3v) is 3.42. The molecule has 5 heteroatoms. The van der Waals surface area contributed by atoms with E-state index in [1.807, 2.05) is 13.2 Å². The Morgan fingerprint density at radius 3 is 2.88 bits per heavy atom. The number of hydrogen-bond donors (Lipinski definition) is 1. The number of anilines is 1. The van der Waals surface area contributed by atoms with E-state index in [-0.39, 0.29) is 16.7 Å². The normalized spacial score (nSPS) is 11.6. The first-order valence-corrected chi connectivity index (χ1v) is 6.44. The summed E-state index contributed by atoms with van der Waals surface area (Å²) >= 11 is 1.46. The van der Waals surface area contributed by atoms with Crippen molar-refractivity contribution in [1.82, 2.24) is 0 Å². The van der Waals surface area contributed by atoms with Crippen molar-refractivity contribution in [3.63, 3.8) is 0 Å². The smallest absolute Gasteiger partial charge is 0.237 e. The second-order valence-corrected chi connectivity index (χ2v) is 4.47. The molecule has 1 N–H and O–H groups in total. The topological polar surface area (TPSA) is 52.9 Å². The molecule has 0 aliphatic carbocycles. The Hall–Kier alpha value is -1.54. The maximum absolute atomic E-state index is 13.1. The fourth-order valence-corrected chi connectivity index (χ4v) is 1.98. The number of thioether (sulfide) groups is 1. The Kier molecular flexibility index (Phi) is 4.98. The highest BCUT2D eigenvalue weighted by molar-refractivity contribution is 7.99. The van der Waals surface area contributed by atoms with Gasteiger partial charge in [-0.2, -0.15) is 17.0 Å². The number of carbonyl (C=O) groups excluding carboxylic acids is 1. The van der Waals surface area contributed by atoms with Crippen LogP contribution in [-0.4, -0.2) is 17.4 Å². The van der Waals surface area contributed by atoms with Crippen LogP contribution in [0.5, 0.6) is 0 Å². The van der Waals surface area contributed by atoms with E-state index >= 15 is 0 Å². The molecule has 0 bridgehead atoms. The Morgan fingerprint density at radius 2 is 2.35 bits per heavy atom. The maximum Gasteiger partial charge on any atom is 0.237 e. The van der Waals surface area contributed by atoms with Crippen LogP contribution in [0.15, 0.2) is 18.2 Å². The molecule has 1 atom stereocenters. The summed E-state index contributed by atoms with van der Waals surface area (Å²) in [5.74, 6) is -0.710. The lowest BCUT2D eigenvalue weighted by molar-refractivity contribution is -0.115. The van der Waals surface area contributed by atoms with Crippen LogP contribution in [0.4, 0.5) is 10.1 Å². The zero-order valence-electron chi connectivity index (χ0n) is 9.66. The van der Waals surface area contributed by atoms with Crippen molar-refractivity contribution in [3.05, 3.63) is 29.6 Å². The first kappa shape index (κ1) is 13.5. The highest BCUT2D eigenvalue weighted by atomic mass is 32.2. The predicted molar refractivity (Wildman–Crippen MR) is 67.3 cm³/mol. The Morgan fingerprint density at radius 1 is 1.65 bits per heavy atom. The molecule has 0 radical (unpaired) electrons. The van der Waals surface area contributed by atoms with E-state index in [1.165, 1.54) is 30.0 Å². The molecule has 0 fully saturated rings. The molecule has 1 aromatic rings. The third-order valence-electron chi connectivity index (χ3n) is 2.30. The van der Waals surface area contributed by atoms with Crippen LogP contribution in [0.1, 0.15) is 18.9 Å². The van der Waals surface area contributed by atoms with Gasteiger partial charge in [-0.3, -0.25) is 4.79 Å². The van der Waals surface area contributed by atoms with E-state index in [0.29, 0.717) is 5.69 Å². The molecule has 0 aliphatic heterocycles. The summed E-state index contributed by atoms with van der Waals surface area (Å²) in [6, 6.07) is 5.69. The van der Waals surface area contributed by atoms with Crippen molar-refractivity contribution in [1.29, 1.82) is 5.26 Å². The SMILES string of the molecule is CCC(SC)C(=O)Nc1ccc(F)c(C#N)c1. The van der Waals surface area contributed by atoms with E-state index in [4.69, 9.17) is 5.26 Å². The van der Waals surface area contributed by atoms with Crippen LogP contribution < -0.4 is 5.32 Å². The molecule has 17 heavy (non-hydrogen) atoms. The van der Waals surface area contributed by atoms with Crippen LogP contribution in [-0.2, 0) is 4.79 Å². The van der Waals surface area contributed by atoms with Crippen molar-refractivity contribution >= 4 is 23.4 Å². The molecule has 1 rings (SSSR count). The van der Waals surface area contributed by atoms with Gasteiger partial charge in [0.05, 0.1) is 10.8 Å². The highest BCUT2D eigenvalue weighted by Gasteiger charge is 2.15. The summed E-state index contributed by atoms with van der Waals surface area (Å²) < 4.78 is 13.1. The lowest BCUT2D eigenvalue weighted by Gasteiger charge is -2.12. The molecular formula is C12H13FN2OS. The quantitative estimate of drug-likeness (QED) is 0.896. The van der Waals surface area contributed by atoms with Gasteiger partial charge in [-0.25, -0.2) is 4.39 Å². The second kappa shape index (κ2) is 6.26. The minimum Gasteiger partial charge on any atom is -0.325 e.